The van der Waals surface area contributed by atoms with Crippen molar-refractivity contribution in [3.63, 3.8) is 0 Å². The van der Waals surface area contributed by atoms with Crippen LogP contribution in [0.2, 0.25) is 0 Å². The van der Waals surface area contributed by atoms with Crippen LogP contribution in [0.1, 0.15) is 70.8 Å². The van der Waals surface area contributed by atoms with Gasteiger partial charge >= 0.3 is 0 Å². The van der Waals surface area contributed by atoms with E-state index in [4.69, 9.17) is 4.74 Å². The topological polar surface area (TPSA) is 22.1 Å². The largest absolute Gasteiger partial charge is 0.493 e. The summed E-state index contributed by atoms with van der Waals surface area (Å²) in [7, 11) is 0. The number of aryl methyl sites for hydroxylation is 1. The van der Waals surface area contributed by atoms with E-state index in [2.05, 4.69) is 55.2 Å². The van der Waals surface area contributed by atoms with Crippen LogP contribution in [0, 0.1) is 11.8 Å². The third kappa shape index (κ3) is 6.09. The summed E-state index contributed by atoms with van der Waals surface area (Å²) >= 11 is 0. The summed E-state index contributed by atoms with van der Waals surface area (Å²) in [6.07, 6.45) is 13.8. The number of nitrogens with zero attached hydrogens (tertiary/aromatic N) is 1. The number of benzene rings is 1. The number of ether oxygens (including phenoxy) is 1. The summed E-state index contributed by atoms with van der Waals surface area (Å²) in [5.74, 6) is 2.68. The van der Waals surface area contributed by atoms with Crippen molar-refractivity contribution in [2.45, 2.75) is 71.6 Å². The second kappa shape index (κ2) is 10.5. The number of hydrogen-bond donors (Lipinski definition) is 0. The van der Waals surface area contributed by atoms with Crippen molar-refractivity contribution < 1.29 is 4.74 Å². The molecule has 3 rings (SSSR count). The van der Waals surface area contributed by atoms with Gasteiger partial charge in [-0.05, 0) is 73.4 Å². The van der Waals surface area contributed by atoms with Crippen LogP contribution < -0.4 is 4.74 Å². The smallest absolute Gasteiger partial charge is 0.119 e. The van der Waals surface area contributed by atoms with Crippen LogP contribution in [-0.2, 0) is 6.42 Å². The molecule has 1 heterocycles. The van der Waals surface area contributed by atoms with Crippen molar-refractivity contribution in [1.82, 2.24) is 4.98 Å². The predicted molar refractivity (Wildman–Crippen MR) is 114 cm³/mol. The normalized spacial score (nSPS) is 19.8. The molecule has 0 amide bonds. The predicted octanol–water partition coefficient (Wildman–Crippen LogP) is 7.08. The zero-order valence-electron chi connectivity index (χ0n) is 17.1. The highest BCUT2D eigenvalue weighted by molar-refractivity contribution is 5.60. The molecule has 1 fully saturated rings. The summed E-state index contributed by atoms with van der Waals surface area (Å²) in [4.78, 5) is 4.63. The molecule has 1 aliphatic carbocycles. The lowest BCUT2D eigenvalue weighted by Crippen LogP contribution is -2.20. The number of hydrogen-bond acceptors (Lipinski definition) is 2. The van der Waals surface area contributed by atoms with Gasteiger partial charge in [0.15, 0.2) is 0 Å². The minimum atomic E-state index is 0.732. The average Bonchev–Trinajstić information content (AvgIpc) is 2.73. The van der Waals surface area contributed by atoms with Crippen LogP contribution in [0.3, 0.4) is 0 Å². The quantitative estimate of drug-likeness (QED) is 0.474. The first-order valence-electron chi connectivity index (χ1n) is 11.0. The van der Waals surface area contributed by atoms with Gasteiger partial charge in [0.2, 0.25) is 0 Å². The molecule has 1 aromatic carbocycles. The Morgan fingerprint density at radius 2 is 1.63 bits per heavy atom. The summed E-state index contributed by atoms with van der Waals surface area (Å²) in [6.45, 7) is 5.39. The van der Waals surface area contributed by atoms with Gasteiger partial charge in [-0.25, -0.2) is 0 Å². The van der Waals surface area contributed by atoms with Gasteiger partial charge in [0, 0.05) is 11.8 Å². The molecule has 0 unspecified atom stereocenters. The molecule has 2 heteroatoms. The number of unbranched alkanes of at least 4 members (excludes halogenated alkanes) is 1. The Bertz CT molecular complexity index is 654. The summed E-state index contributed by atoms with van der Waals surface area (Å²) < 4.78 is 6.07. The van der Waals surface area contributed by atoms with E-state index >= 15 is 0 Å². The maximum Gasteiger partial charge on any atom is 0.119 e. The Morgan fingerprint density at radius 1 is 0.889 bits per heavy atom. The van der Waals surface area contributed by atoms with Gasteiger partial charge < -0.3 is 4.74 Å². The third-order valence-corrected chi connectivity index (χ3v) is 5.94. The Labute approximate surface area is 165 Å². The molecule has 0 N–H and O–H groups in total. The second-order valence-corrected chi connectivity index (χ2v) is 8.17. The number of aromatic nitrogens is 1. The fourth-order valence-electron chi connectivity index (χ4n) is 4.16. The zero-order valence-corrected chi connectivity index (χ0v) is 17.1. The molecule has 27 heavy (non-hydrogen) atoms. The van der Waals surface area contributed by atoms with E-state index < -0.39 is 0 Å². The lowest BCUT2D eigenvalue weighted by molar-refractivity contribution is 0.178. The Kier molecular flexibility index (Phi) is 7.74. The van der Waals surface area contributed by atoms with Crippen LogP contribution in [-0.4, -0.2) is 11.6 Å². The van der Waals surface area contributed by atoms with Gasteiger partial charge in [-0.1, -0.05) is 52.0 Å². The average molecular weight is 366 g/mol. The van der Waals surface area contributed by atoms with Crippen molar-refractivity contribution in [3.05, 3.63) is 48.2 Å². The van der Waals surface area contributed by atoms with Crippen LogP contribution in [0.25, 0.3) is 11.3 Å². The molecule has 1 saturated carbocycles. The van der Waals surface area contributed by atoms with Crippen molar-refractivity contribution in [2.24, 2.45) is 11.8 Å². The minimum absolute atomic E-state index is 0.732. The van der Waals surface area contributed by atoms with E-state index in [1.807, 2.05) is 6.20 Å². The third-order valence-electron chi connectivity index (χ3n) is 5.94. The summed E-state index contributed by atoms with van der Waals surface area (Å²) in [5.41, 5.74) is 3.52. The molecule has 0 atom stereocenters. The molecule has 2 aromatic rings. The van der Waals surface area contributed by atoms with Gasteiger partial charge in [0.25, 0.3) is 0 Å². The van der Waals surface area contributed by atoms with Gasteiger partial charge in [-0.3, -0.25) is 4.98 Å². The fourth-order valence-corrected chi connectivity index (χ4v) is 4.16. The minimum Gasteiger partial charge on any atom is -0.493 e. The van der Waals surface area contributed by atoms with Gasteiger partial charge in [-0.15, -0.1) is 0 Å². The lowest BCUT2D eigenvalue weighted by Gasteiger charge is -2.28. The van der Waals surface area contributed by atoms with Crippen molar-refractivity contribution in [3.8, 4) is 17.0 Å². The van der Waals surface area contributed by atoms with Gasteiger partial charge in [0.1, 0.15) is 5.75 Å². The van der Waals surface area contributed by atoms with E-state index in [0.29, 0.717) is 0 Å². The standard InChI is InChI=1S/C25H35NO/c1-3-5-7-21-12-17-25(26-18-21)23-13-15-24(16-14-23)27-19-22-10-8-20(6-4-2)9-11-22/h12-18,20,22H,3-11,19H2,1-2H3/t20-,22-. The molecule has 1 aliphatic rings. The maximum atomic E-state index is 6.07. The molecule has 1 aromatic heterocycles. The van der Waals surface area contributed by atoms with Crippen molar-refractivity contribution >= 4 is 0 Å². The van der Waals surface area contributed by atoms with E-state index in [1.165, 1.54) is 56.9 Å². The van der Waals surface area contributed by atoms with Gasteiger partial charge in [-0.2, -0.15) is 0 Å². The van der Waals surface area contributed by atoms with Crippen molar-refractivity contribution in [1.29, 1.82) is 0 Å². The fraction of sp³-hybridized carbons (Fsp3) is 0.560. The number of rotatable bonds is 9. The molecule has 0 aliphatic heterocycles. The first-order chi connectivity index (χ1) is 13.3. The molecular formula is C25H35NO. The molecule has 0 radical (unpaired) electrons. The Balaban J connectivity index is 1.47. The highest BCUT2D eigenvalue weighted by Crippen LogP contribution is 2.32. The van der Waals surface area contributed by atoms with Crippen molar-refractivity contribution in [2.75, 3.05) is 6.61 Å². The molecule has 2 nitrogen and oxygen atoms in total. The summed E-state index contributed by atoms with van der Waals surface area (Å²) in [6, 6.07) is 12.8. The van der Waals surface area contributed by atoms with E-state index in [9.17, 15) is 0 Å². The first-order valence-corrected chi connectivity index (χ1v) is 11.0. The van der Waals surface area contributed by atoms with E-state index in [0.717, 1.165) is 41.9 Å². The Morgan fingerprint density at radius 3 is 2.26 bits per heavy atom. The monoisotopic (exact) mass is 365 g/mol. The van der Waals surface area contributed by atoms with Crippen LogP contribution >= 0.6 is 0 Å². The molecule has 146 valence electrons. The molecule has 0 spiro atoms. The van der Waals surface area contributed by atoms with Crippen LogP contribution in [0.4, 0.5) is 0 Å². The molecule has 0 bridgehead atoms. The maximum absolute atomic E-state index is 6.07. The SMILES string of the molecule is CCCCc1ccc(-c2ccc(OC[C@H]3CC[C@H](CCC)CC3)cc2)nc1. The van der Waals surface area contributed by atoms with Crippen LogP contribution in [0.15, 0.2) is 42.6 Å². The first kappa shape index (κ1) is 19.9. The number of pyridine rings is 1. The highest BCUT2D eigenvalue weighted by Gasteiger charge is 2.20. The van der Waals surface area contributed by atoms with E-state index in [-0.39, 0.29) is 0 Å². The molecular weight excluding hydrogens is 330 g/mol. The Hall–Kier alpha value is -1.83. The van der Waals surface area contributed by atoms with Gasteiger partial charge in [0.05, 0.1) is 12.3 Å². The van der Waals surface area contributed by atoms with E-state index in [1.54, 1.807) is 0 Å². The lowest BCUT2D eigenvalue weighted by atomic mass is 9.80. The second-order valence-electron chi connectivity index (χ2n) is 8.17. The molecule has 0 saturated heterocycles. The zero-order chi connectivity index (χ0) is 18.9. The van der Waals surface area contributed by atoms with Crippen LogP contribution in [0.5, 0.6) is 5.75 Å². The summed E-state index contributed by atoms with van der Waals surface area (Å²) in [5, 5.41) is 0. The highest BCUT2D eigenvalue weighted by atomic mass is 16.5.